The van der Waals surface area contributed by atoms with Gasteiger partial charge in [0.1, 0.15) is 5.75 Å². The van der Waals surface area contributed by atoms with Gasteiger partial charge in [-0.15, -0.1) is 0 Å². The van der Waals surface area contributed by atoms with Crippen LogP contribution in [0.15, 0.2) is 30.6 Å². The van der Waals surface area contributed by atoms with E-state index >= 15 is 0 Å². The highest BCUT2D eigenvalue weighted by Gasteiger charge is 2.26. The lowest BCUT2D eigenvalue weighted by Gasteiger charge is -2.24. The van der Waals surface area contributed by atoms with Crippen molar-refractivity contribution in [3.63, 3.8) is 0 Å². The topological polar surface area (TPSA) is 113 Å². The lowest BCUT2D eigenvalue weighted by molar-refractivity contribution is -0.125. The van der Waals surface area contributed by atoms with Crippen LogP contribution in [0.25, 0.3) is 0 Å². The maximum Gasteiger partial charge on any atom is 0.325 e. The van der Waals surface area contributed by atoms with Crippen LogP contribution in [0.2, 0.25) is 5.02 Å². The zero-order valence-electron chi connectivity index (χ0n) is 15.3. The second kappa shape index (κ2) is 8.99. The van der Waals surface area contributed by atoms with E-state index in [0.717, 1.165) is 5.56 Å². The molecule has 1 aromatic carbocycles. The monoisotopic (exact) mass is 404 g/mol. The van der Waals surface area contributed by atoms with Crippen LogP contribution in [0.4, 0.5) is 10.5 Å². The molecule has 1 aromatic heterocycles. The fourth-order valence-corrected chi connectivity index (χ4v) is 3.11. The Balaban J connectivity index is 1.55. The summed E-state index contributed by atoms with van der Waals surface area (Å²) >= 11 is 5.75. The predicted octanol–water partition coefficient (Wildman–Crippen LogP) is 3.43. The molecule has 1 heterocycles. The average Bonchev–Trinajstić information content (AvgIpc) is 2.66. The minimum absolute atomic E-state index is 0.161. The van der Waals surface area contributed by atoms with E-state index in [4.69, 9.17) is 16.3 Å². The number of hydrogen-bond donors (Lipinski definition) is 3. The van der Waals surface area contributed by atoms with Crippen LogP contribution in [-0.4, -0.2) is 33.1 Å². The van der Waals surface area contributed by atoms with Crippen LogP contribution >= 0.6 is 11.6 Å². The number of imide groups is 1. The van der Waals surface area contributed by atoms with Crippen LogP contribution in [0, 0.1) is 12.8 Å². The van der Waals surface area contributed by atoms with Crippen molar-refractivity contribution < 1.29 is 19.4 Å². The Bertz CT molecular complexity index is 852. The molecule has 1 saturated carbocycles. The number of carbonyl (C=O) groups excluding carboxylic acids is 2. The van der Waals surface area contributed by atoms with Crippen LogP contribution in [0.3, 0.4) is 0 Å². The minimum Gasteiger partial charge on any atom is -0.424 e. The molecule has 0 unspecified atom stereocenters. The van der Waals surface area contributed by atoms with Crippen LogP contribution in [-0.2, 0) is 4.79 Å². The van der Waals surface area contributed by atoms with Gasteiger partial charge < -0.3 is 15.2 Å². The van der Waals surface area contributed by atoms with Crippen molar-refractivity contribution in [2.45, 2.75) is 38.7 Å². The first-order valence-corrected chi connectivity index (χ1v) is 9.34. The van der Waals surface area contributed by atoms with Crippen molar-refractivity contribution in [2.24, 2.45) is 5.92 Å². The lowest BCUT2D eigenvalue weighted by atomic mass is 9.87. The Morgan fingerprint density at radius 3 is 2.50 bits per heavy atom. The van der Waals surface area contributed by atoms with Gasteiger partial charge in [-0.2, -0.15) is 0 Å². The molecule has 8 nitrogen and oxygen atoms in total. The number of halogens is 1. The van der Waals surface area contributed by atoms with Crippen molar-refractivity contribution in [1.82, 2.24) is 15.3 Å². The van der Waals surface area contributed by atoms with Gasteiger partial charge in [-0.25, -0.2) is 14.8 Å². The molecule has 3 amide bonds. The van der Waals surface area contributed by atoms with Gasteiger partial charge in [0.15, 0.2) is 0 Å². The number of hydrogen-bond acceptors (Lipinski definition) is 6. The standard InChI is InChI=1S/C19H21ClN4O4/c1-11-8-14(4-7-16(11)28-19-21-9-13(20)10-22-19)23-18(27)24-17(26)12-2-5-15(25)6-3-12/h4,7-10,12,15,25H,2-3,5-6H2,1H3,(H2,23,24,26,27). The zero-order chi connectivity index (χ0) is 20.1. The highest BCUT2D eigenvalue weighted by atomic mass is 35.5. The third-order valence-corrected chi connectivity index (χ3v) is 4.73. The molecular formula is C19H21ClN4O4. The van der Waals surface area contributed by atoms with Crippen molar-refractivity contribution in [2.75, 3.05) is 5.32 Å². The molecule has 28 heavy (non-hydrogen) atoms. The molecule has 148 valence electrons. The van der Waals surface area contributed by atoms with E-state index in [2.05, 4.69) is 20.6 Å². The molecule has 1 aliphatic carbocycles. The third-order valence-electron chi connectivity index (χ3n) is 4.53. The smallest absolute Gasteiger partial charge is 0.325 e. The van der Waals surface area contributed by atoms with Gasteiger partial charge in [-0.3, -0.25) is 10.1 Å². The molecular weight excluding hydrogens is 384 g/mol. The van der Waals surface area contributed by atoms with Gasteiger partial charge >= 0.3 is 12.0 Å². The van der Waals surface area contributed by atoms with Gasteiger partial charge in [0, 0.05) is 11.6 Å². The summed E-state index contributed by atoms with van der Waals surface area (Å²) in [6, 6.07) is 4.61. The molecule has 0 bridgehead atoms. The Labute approximate surface area is 167 Å². The highest BCUT2D eigenvalue weighted by molar-refractivity contribution is 6.30. The van der Waals surface area contributed by atoms with E-state index in [1.165, 1.54) is 12.4 Å². The summed E-state index contributed by atoms with van der Waals surface area (Å²) in [7, 11) is 0. The number of aliphatic hydroxyl groups excluding tert-OH is 1. The molecule has 0 radical (unpaired) electrons. The van der Waals surface area contributed by atoms with Gasteiger partial charge in [0.2, 0.25) is 5.91 Å². The third kappa shape index (κ3) is 5.40. The number of benzene rings is 1. The molecule has 0 saturated heterocycles. The van der Waals surface area contributed by atoms with E-state index in [1.807, 2.05) is 6.92 Å². The number of aryl methyl sites for hydroxylation is 1. The van der Waals surface area contributed by atoms with Gasteiger partial charge in [-0.05, 0) is 56.4 Å². The lowest BCUT2D eigenvalue weighted by Crippen LogP contribution is -2.40. The molecule has 0 aliphatic heterocycles. The Kier molecular flexibility index (Phi) is 6.43. The number of nitrogens with zero attached hydrogens (tertiary/aromatic N) is 2. The summed E-state index contributed by atoms with van der Waals surface area (Å²) in [5, 5.41) is 14.9. The Morgan fingerprint density at radius 1 is 1.18 bits per heavy atom. The first kappa shape index (κ1) is 20.0. The molecule has 3 N–H and O–H groups in total. The number of urea groups is 1. The average molecular weight is 405 g/mol. The first-order chi connectivity index (χ1) is 13.4. The Hall–Kier alpha value is -2.71. The van der Waals surface area contributed by atoms with E-state index in [-0.39, 0.29) is 23.9 Å². The van der Waals surface area contributed by atoms with E-state index in [9.17, 15) is 14.7 Å². The number of rotatable bonds is 4. The molecule has 1 aliphatic rings. The van der Waals surface area contributed by atoms with Crippen molar-refractivity contribution in [3.8, 4) is 11.8 Å². The summed E-state index contributed by atoms with van der Waals surface area (Å²) in [5.41, 5.74) is 1.27. The maximum atomic E-state index is 12.2. The normalized spacial score (nSPS) is 19.0. The van der Waals surface area contributed by atoms with E-state index in [1.54, 1.807) is 18.2 Å². The van der Waals surface area contributed by atoms with Crippen molar-refractivity contribution >= 4 is 29.2 Å². The number of nitrogens with one attached hydrogen (secondary N) is 2. The first-order valence-electron chi connectivity index (χ1n) is 8.96. The van der Waals surface area contributed by atoms with E-state index < -0.39 is 6.03 Å². The molecule has 2 aromatic rings. The molecule has 0 atom stereocenters. The van der Waals surface area contributed by atoms with Crippen molar-refractivity contribution in [3.05, 3.63) is 41.2 Å². The maximum absolute atomic E-state index is 12.2. The summed E-state index contributed by atoms with van der Waals surface area (Å²) in [6.07, 6.45) is 4.85. The summed E-state index contributed by atoms with van der Waals surface area (Å²) < 4.78 is 5.59. The SMILES string of the molecule is Cc1cc(NC(=O)NC(=O)C2CCC(O)CC2)ccc1Oc1ncc(Cl)cn1. The Morgan fingerprint density at radius 2 is 1.86 bits per heavy atom. The molecule has 0 spiro atoms. The van der Waals surface area contributed by atoms with Crippen LogP contribution in [0.1, 0.15) is 31.2 Å². The van der Waals surface area contributed by atoms with Crippen molar-refractivity contribution in [1.29, 1.82) is 0 Å². The second-order valence-corrected chi connectivity index (χ2v) is 7.15. The van der Waals surface area contributed by atoms with Gasteiger partial charge in [0.05, 0.1) is 23.5 Å². The van der Waals surface area contributed by atoms with Crippen LogP contribution in [0.5, 0.6) is 11.8 Å². The van der Waals surface area contributed by atoms with Gasteiger partial charge in [0.25, 0.3) is 0 Å². The highest BCUT2D eigenvalue weighted by Crippen LogP contribution is 2.26. The number of ether oxygens (including phenoxy) is 1. The number of carbonyl (C=O) groups is 2. The molecule has 9 heteroatoms. The predicted molar refractivity (Wildman–Crippen MR) is 103 cm³/mol. The molecule has 1 fully saturated rings. The summed E-state index contributed by atoms with van der Waals surface area (Å²) in [6.45, 7) is 1.81. The number of amides is 3. The van der Waals surface area contributed by atoms with Gasteiger partial charge in [-0.1, -0.05) is 11.6 Å². The second-order valence-electron chi connectivity index (χ2n) is 6.72. The minimum atomic E-state index is -0.592. The zero-order valence-corrected chi connectivity index (χ0v) is 16.1. The number of anilines is 1. The fourth-order valence-electron chi connectivity index (χ4n) is 3.01. The fraction of sp³-hybridized carbons (Fsp3) is 0.368. The number of aliphatic hydroxyl groups is 1. The quantitative estimate of drug-likeness (QED) is 0.719. The molecule has 3 rings (SSSR count). The summed E-state index contributed by atoms with van der Waals surface area (Å²) in [4.78, 5) is 32.2. The summed E-state index contributed by atoms with van der Waals surface area (Å²) in [5.74, 6) is -0.0304. The number of aromatic nitrogens is 2. The van der Waals surface area contributed by atoms with E-state index in [0.29, 0.717) is 42.1 Å². The van der Waals surface area contributed by atoms with Crippen LogP contribution < -0.4 is 15.4 Å². The largest absolute Gasteiger partial charge is 0.424 e.